The molecule has 1 atom stereocenters. The van der Waals surface area contributed by atoms with Crippen molar-refractivity contribution in [2.45, 2.75) is 12.6 Å². The number of aliphatic hydroxyl groups excluding tert-OH is 2. The van der Waals surface area contributed by atoms with Crippen LogP contribution in [0.3, 0.4) is 0 Å². The molecule has 1 aromatic carbocycles. The monoisotopic (exact) mass is 245 g/mol. The number of imidazole rings is 1. The van der Waals surface area contributed by atoms with Crippen LogP contribution in [-0.2, 0) is 6.54 Å². The minimum Gasteiger partial charge on any atom is -0.394 e. The van der Waals surface area contributed by atoms with Crippen molar-refractivity contribution >= 4 is 6.08 Å². The van der Waals surface area contributed by atoms with Gasteiger partial charge in [0.05, 0.1) is 6.61 Å². The van der Waals surface area contributed by atoms with Gasteiger partial charge in [-0.1, -0.05) is 24.8 Å². The second-order valence-corrected chi connectivity index (χ2v) is 4.15. The number of nitrogens with zero attached hydrogens (tertiary/aromatic N) is 2. The number of aromatic nitrogens is 2. The van der Waals surface area contributed by atoms with Gasteiger partial charge in [0.25, 0.3) is 0 Å². The van der Waals surface area contributed by atoms with Gasteiger partial charge >= 0.3 is 0 Å². The Hall–Kier alpha value is -1.91. The lowest BCUT2D eigenvalue weighted by Gasteiger charge is -2.02. The first-order valence-electron chi connectivity index (χ1n) is 5.82. The molecular weight excluding hydrogens is 228 g/mol. The molecule has 1 heterocycles. The topological polar surface area (TPSA) is 49.3 Å². The van der Waals surface area contributed by atoms with Gasteiger partial charge < -0.3 is 10.2 Å². The molecule has 0 aliphatic heterocycles. The summed E-state index contributed by atoms with van der Waals surface area (Å²) in [5.41, 5.74) is 2.12. The van der Waals surface area contributed by atoms with Crippen LogP contribution in [0.1, 0.15) is 5.56 Å². The summed E-state index contributed by atoms with van der Waals surface area (Å²) in [6, 6.07) is 8.00. The van der Waals surface area contributed by atoms with Gasteiger partial charge in [0.15, 0.2) is 0 Å². The summed E-state index contributed by atoms with van der Waals surface area (Å²) < 4.78 is 3.79. The van der Waals surface area contributed by atoms with E-state index in [1.165, 1.54) is 0 Å². The van der Waals surface area contributed by atoms with Crippen LogP contribution < -0.4 is 4.57 Å². The van der Waals surface area contributed by atoms with Crippen molar-refractivity contribution in [2.24, 2.45) is 0 Å². The standard InChI is InChI=1S/C14H17N2O2/c1-2-12-3-5-13(6-4-12)16-8-7-15(11-16)9-14(18)10-17/h2-8,11,14,17-18H,1,9-10H2/q+1. The Morgan fingerprint density at radius 2 is 2.06 bits per heavy atom. The summed E-state index contributed by atoms with van der Waals surface area (Å²) in [5.74, 6) is 0. The van der Waals surface area contributed by atoms with Crippen molar-refractivity contribution in [1.29, 1.82) is 0 Å². The fourth-order valence-corrected chi connectivity index (χ4v) is 1.74. The molecule has 2 aromatic rings. The molecule has 2 rings (SSSR count). The molecular formula is C14H17N2O2+. The molecule has 0 fully saturated rings. The maximum Gasteiger partial charge on any atom is 0.249 e. The van der Waals surface area contributed by atoms with Crippen molar-refractivity contribution in [2.75, 3.05) is 6.61 Å². The number of aliphatic hydroxyl groups is 2. The Morgan fingerprint density at radius 3 is 2.67 bits per heavy atom. The summed E-state index contributed by atoms with van der Waals surface area (Å²) >= 11 is 0. The Labute approximate surface area is 106 Å². The summed E-state index contributed by atoms with van der Waals surface area (Å²) in [7, 11) is 0. The lowest BCUT2D eigenvalue weighted by atomic mass is 10.2. The fourth-order valence-electron chi connectivity index (χ4n) is 1.74. The van der Waals surface area contributed by atoms with Crippen molar-refractivity contribution in [1.82, 2.24) is 4.57 Å². The zero-order valence-corrected chi connectivity index (χ0v) is 10.1. The fraction of sp³-hybridized carbons (Fsp3) is 0.214. The average molecular weight is 245 g/mol. The quantitative estimate of drug-likeness (QED) is 0.764. The number of hydrogen-bond acceptors (Lipinski definition) is 2. The van der Waals surface area contributed by atoms with Gasteiger partial charge in [-0.15, -0.1) is 0 Å². The molecule has 0 amide bonds. The highest BCUT2D eigenvalue weighted by atomic mass is 16.3. The molecule has 18 heavy (non-hydrogen) atoms. The highest BCUT2D eigenvalue weighted by Crippen LogP contribution is 2.09. The number of benzene rings is 1. The molecule has 4 nitrogen and oxygen atoms in total. The molecule has 0 spiro atoms. The first kappa shape index (κ1) is 12.5. The maximum atomic E-state index is 9.37. The average Bonchev–Trinajstić information content (AvgIpc) is 2.87. The molecule has 0 aliphatic carbocycles. The molecule has 0 saturated heterocycles. The molecule has 1 aromatic heterocycles. The Balaban J connectivity index is 2.15. The lowest BCUT2D eigenvalue weighted by molar-refractivity contribution is -0.703. The van der Waals surface area contributed by atoms with Crippen LogP contribution in [-0.4, -0.2) is 27.5 Å². The third-order valence-electron chi connectivity index (χ3n) is 2.75. The smallest absolute Gasteiger partial charge is 0.249 e. The van der Waals surface area contributed by atoms with Gasteiger partial charge in [0, 0.05) is 0 Å². The second kappa shape index (κ2) is 5.62. The summed E-state index contributed by atoms with van der Waals surface area (Å²) in [6.45, 7) is 3.87. The van der Waals surface area contributed by atoms with Crippen molar-refractivity contribution in [3.05, 3.63) is 55.1 Å². The highest BCUT2D eigenvalue weighted by Gasteiger charge is 2.10. The van der Waals surface area contributed by atoms with Crippen LogP contribution in [0.4, 0.5) is 0 Å². The first-order chi connectivity index (χ1) is 8.72. The Kier molecular flexibility index (Phi) is 3.92. The Morgan fingerprint density at radius 1 is 1.33 bits per heavy atom. The van der Waals surface area contributed by atoms with E-state index in [4.69, 9.17) is 5.11 Å². The third-order valence-corrected chi connectivity index (χ3v) is 2.75. The van der Waals surface area contributed by atoms with Crippen molar-refractivity contribution in [3.8, 4) is 5.69 Å². The van der Waals surface area contributed by atoms with Gasteiger partial charge in [-0.25, -0.2) is 9.13 Å². The minimum atomic E-state index is -0.728. The largest absolute Gasteiger partial charge is 0.394 e. The van der Waals surface area contributed by atoms with Crippen LogP contribution in [0.15, 0.2) is 49.6 Å². The SMILES string of the molecule is C=Cc1ccc(-n2cc[n+](CC(O)CO)c2)cc1. The Bertz CT molecular complexity index is 517. The summed E-state index contributed by atoms with van der Waals surface area (Å²) in [6.07, 6.45) is 6.72. The van der Waals surface area contributed by atoms with E-state index in [1.807, 2.05) is 52.1 Å². The van der Waals surface area contributed by atoms with E-state index < -0.39 is 6.10 Å². The van der Waals surface area contributed by atoms with E-state index in [0.29, 0.717) is 6.54 Å². The predicted octanol–water partition coefficient (Wildman–Crippen LogP) is 0.761. The van der Waals surface area contributed by atoms with Crippen LogP contribution in [0.2, 0.25) is 0 Å². The van der Waals surface area contributed by atoms with Gasteiger partial charge in [-0.05, 0) is 17.7 Å². The van der Waals surface area contributed by atoms with Crippen LogP contribution in [0.5, 0.6) is 0 Å². The molecule has 2 N–H and O–H groups in total. The van der Waals surface area contributed by atoms with Gasteiger partial charge in [0.2, 0.25) is 6.33 Å². The molecule has 94 valence electrons. The van der Waals surface area contributed by atoms with E-state index in [-0.39, 0.29) is 6.61 Å². The molecule has 1 unspecified atom stereocenters. The van der Waals surface area contributed by atoms with E-state index in [0.717, 1.165) is 11.3 Å². The van der Waals surface area contributed by atoms with Gasteiger partial charge in [-0.2, -0.15) is 0 Å². The van der Waals surface area contributed by atoms with E-state index in [2.05, 4.69) is 6.58 Å². The van der Waals surface area contributed by atoms with Crippen molar-refractivity contribution in [3.63, 3.8) is 0 Å². The van der Waals surface area contributed by atoms with Crippen LogP contribution in [0, 0.1) is 0 Å². The highest BCUT2D eigenvalue weighted by molar-refractivity contribution is 5.49. The zero-order chi connectivity index (χ0) is 13.0. The van der Waals surface area contributed by atoms with Gasteiger partial charge in [0.1, 0.15) is 30.7 Å². The van der Waals surface area contributed by atoms with Gasteiger partial charge in [-0.3, -0.25) is 0 Å². The zero-order valence-electron chi connectivity index (χ0n) is 10.1. The number of hydrogen-bond donors (Lipinski definition) is 2. The van der Waals surface area contributed by atoms with Crippen LogP contribution in [0.25, 0.3) is 11.8 Å². The molecule has 4 heteroatoms. The summed E-state index contributed by atoms with van der Waals surface area (Å²) in [5, 5.41) is 18.2. The first-order valence-corrected chi connectivity index (χ1v) is 5.82. The summed E-state index contributed by atoms with van der Waals surface area (Å²) in [4.78, 5) is 0. The molecule has 0 radical (unpaired) electrons. The second-order valence-electron chi connectivity index (χ2n) is 4.15. The molecule has 0 saturated carbocycles. The van der Waals surface area contributed by atoms with E-state index in [9.17, 15) is 5.11 Å². The van der Waals surface area contributed by atoms with E-state index in [1.54, 1.807) is 6.08 Å². The number of rotatable bonds is 5. The lowest BCUT2D eigenvalue weighted by Crippen LogP contribution is -2.39. The predicted molar refractivity (Wildman–Crippen MR) is 69.1 cm³/mol. The minimum absolute atomic E-state index is 0.230. The normalized spacial score (nSPS) is 12.3. The maximum absolute atomic E-state index is 9.37. The van der Waals surface area contributed by atoms with Crippen LogP contribution >= 0.6 is 0 Å². The van der Waals surface area contributed by atoms with E-state index >= 15 is 0 Å². The van der Waals surface area contributed by atoms with Crippen molar-refractivity contribution < 1.29 is 14.8 Å². The molecule has 0 aliphatic rings. The molecule has 0 bridgehead atoms. The third kappa shape index (κ3) is 2.85.